The number of carbonyl (C=O) groups is 1. The highest BCUT2D eigenvalue weighted by atomic mass is 32.2. The molecule has 1 aromatic carbocycles. The van der Waals surface area contributed by atoms with E-state index in [1.165, 1.54) is 18.2 Å². The molecule has 0 fully saturated rings. The lowest BCUT2D eigenvalue weighted by Gasteiger charge is -2.06. The standard InChI is InChI=1S/C13H15N3O4S/c1-3-12(17)10-5-4-6-11(7-10)21(18,19)14-8-13-15-9(2)20-16-13/h4-7,14H,3,8H2,1-2H3. The zero-order chi connectivity index (χ0) is 15.5. The second-order valence-corrected chi connectivity index (χ2v) is 6.13. The van der Waals surface area contributed by atoms with E-state index >= 15 is 0 Å². The summed E-state index contributed by atoms with van der Waals surface area (Å²) in [5.41, 5.74) is 0.371. The topological polar surface area (TPSA) is 102 Å². The molecule has 1 N–H and O–H groups in total. The van der Waals surface area contributed by atoms with E-state index in [1.807, 2.05) is 0 Å². The van der Waals surface area contributed by atoms with Crippen molar-refractivity contribution < 1.29 is 17.7 Å². The van der Waals surface area contributed by atoms with Gasteiger partial charge < -0.3 is 4.52 Å². The number of Topliss-reactive ketones (excluding diaryl/α,β-unsaturated/α-hetero) is 1. The lowest BCUT2D eigenvalue weighted by molar-refractivity contribution is 0.0988. The van der Waals surface area contributed by atoms with Gasteiger partial charge in [0.15, 0.2) is 11.6 Å². The fourth-order valence-corrected chi connectivity index (χ4v) is 2.72. The van der Waals surface area contributed by atoms with Crippen LogP contribution in [0.5, 0.6) is 0 Å². The van der Waals surface area contributed by atoms with Crippen LogP contribution in [0.3, 0.4) is 0 Å². The molecule has 0 aliphatic carbocycles. The Kier molecular flexibility index (Phi) is 4.49. The Hall–Kier alpha value is -2.06. The van der Waals surface area contributed by atoms with Crippen molar-refractivity contribution in [1.29, 1.82) is 0 Å². The summed E-state index contributed by atoms with van der Waals surface area (Å²) < 4.78 is 31.5. The van der Waals surface area contributed by atoms with Crippen molar-refractivity contribution in [3.8, 4) is 0 Å². The highest BCUT2D eigenvalue weighted by Gasteiger charge is 2.16. The number of benzene rings is 1. The summed E-state index contributed by atoms with van der Waals surface area (Å²) >= 11 is 0. The first-order valence-corrected chi connectivity index (χ1v) is 7.83. The fourth-order valence-electron chi connectivity index (χ4n) is 1.70. The number of aryl methyl sites for hydroxylation is 1. The zero-order valence-electron chi connectivity index (χ0n) is 11.7. The van der Waals surface area contributed by atoms with Crippen LogP contribution in [0, 0.1) is 6.92 Å². The molecule has 21 heavy (non-hydrogen) atoms. The third-order valence-corrected chi connectivity index (χ3v) is 4.18. The monoisotopic (exact) mass is 309 g/mol. The van der Waals surface area contributed by atoms with Crippen molar-refractivity contribution in [3.05, 3.63) is 41.5 Å². The van der Waals surface area contributed by atoms with Gasteiger partial charge in [-0.05, 0) is 12.1 Å². The maximum absolute atomic E-state index is 12.2. The number of sulfonamides is 1. The molecule has 2 rings (SSSR count). The highest BCUT2D eigenvalue weighted by Crippen LogP contribution is 2.13. The number of rotatable bonds is 6. The summed E-state index contributed by atoms with van der Waals surface area (Å²) in [7, 11) is -3.74. The van der Waals surface area contributed by atoms with Crippen LogP contribution in [0.15, 0.2) is 33.7 Å². The van der Waals surface area contributed by atoms with Gasteiger partial charge in [-0.1, -0.05) is 24.2 Å². The van der Waals surface area contributed by atoms with E-state index in [0.717, 1.165) is 0 Å². The van der Waals surface area contributed by atoms with Crippen LogP contribution < -0.4 is 4.72 Å². The summed E-state index contributed by atoms with van der Waals surface area (Å²) in [6.07, 6.45) is 0.319. The number of nitrogens with zero attached hydrogens (tertiary/aromatic N) is 2. The molecule has 7 nitrogen and oxygen atoms in total. The van der Waals surface area contributed by atoms with Gasteiger partial charge in [-0.15, -0.1) is 0 Å². The van der Waals surface area contributed by atoms with Gasteiger partial charge in [-0.25, -0.2) is 13.1 Å². The Morgan fingerprint density at radius 2 is 2.14 bits per heavy atom. The molecule has 1 heterocycles. The second kappa shape index (κ2) is 6.15. The maximum Gasteiger partial charge on any atom is 0.241 e. The predicted molar refractivity (Wildman–Crippen MR) is 74.1 cm³/mol. The van der Waals surface area contributed by atoms with Crippen molar-refractivity contribution in [3.63, 3.8) is 0 Å². The van der Waals surface area contributed by atoms with E-state index in [9.17, 15) is 13.2 Å². The van der Waals surface area contributed by atoms with E-state index in [0.29, 0.717) is 17.9 Å². The quantitative estimate of drug-likeness (QED) is 0.810. The number of nitrogens with one attached hydrogen (secondary N) is 1. The Morgan fingerprint density at radius 1 is 1.38 bits per heavy atom. The first-order chi connectivity index (χ1) is 9.92. The van der Waals surface area contributed by atoms with Crippen molar-refractivity contribution in [2.45, 2.75) is 31.7 Å². The van der Waals surface area contributed by atoms with Crippen LogP contribution in [0.25, 0.3) is 0 Å². The average molecular weight is 309 g/mol. The largest absolute Gasteiger partial charge is 0.340 e. The smallest absolute Gasteiger partial charge is 0.241 e. The molecule has 0 aliphatic heterocycles. The number of aromatic nitrogens is 2. The van der Waals surface area contributed by atoms with Crippen LogP contribution in [0.1, 0.15) is 35.4 Å². The van der Waals surface area contributed by atoms with Crippen molar-refractivity contribution >= 4 is 15.8 Å². The molecule has 112 valence electrons. The van der Waals surface area contributed by atoms with Crippen LogP contribution in [-0.4, -0.2) is 24.3 Å². The van der Waals surface area contributed by atoms with E-state index in [4.69, 9.17) is 4.52 Å². The van der Waals surface area contributed by atoms with Gasteiger partial charge in [0.2, 0.25) is 15.9 Å². The number of ketones is 1. The molecule has 0 amide bonds. The summed E-state index contributed by atoms with van der Waals surface area (Å²) in [6.45, 7) is 3.26. The van der Waals surface area contributed by atoms with E-state index in [2.05, 4.69) is 14.9 Å². The van der Waals surface area contributed by atoms with Crippen LogP contribution in [0.2, 0.25) is 0 Å². The van der Waals surface area contributed by atoms with E-state index in [-0.39, 0.29) is 23.0 Å². The molecular formula is C13H15N3O4S. The SMILES string of the molecule is CCC(=O)c1cccc(S(=O)(=O)NCc2noc(C)n2)c1. The van der Waals surface area contributed by atoms with Gasteiger partial charge in [0.25, 0.3) is 0 Å². The lowest BCUT2D eigenvalue weighted by Crippen LogP contribution is -2.24. The predicted octanol–water partition coefficient (Wildman–Crippen LogP) is 1.45. The molecule has 0 atom stereocenters. The summed E-state index contributed by atoms with van der Waals surface area (Å²) in [5.74, 6) is 0.498. The van der Waals surface area contributed by atoms with E-state index < -0.39 is 10.0 Å². The average Bonchev–Trinajstić information content (AvgIpc) is 2.90. The number of hydrogen-bond acceptors (Lipinski definition) is 6. The number of carbonyl (C=O) groups excluding carboxylic acids is 1. The van der Waals surface area contributed by atoms with Crippen LogP contribution in [0.4, 0.5) is 0 Å². The molecule has 8 heteroatoms. The third kappa shape index (κ3) is 3.73. The van der Waals surface area contributed by atoms with Crippen LogP contribution >= 0.6 is 0 Å². The third-order valence-electron chi connectivity index (χ3n) is 2.78. The van der Waals surface area contributed by atoms with Gasteiger partial charge in [0.1, 0.15) is 0 Å². The molecule has 0 radical (unpaired) electrons. The van der Waals surface area contributed by atoms with Gasteiger partial charge in [-0.2, -0.15) is 4.98 Å². The number of hydrogen-bond donors (Lipinski definition) is 1. The minimum atomic E-state index is -3.74. The van der Waals surface area contributed by atoms with Crippen molar-refractivity contribution in [2.75, 3.05) is 0 Å². The molecule has 0 bridgehead atoms. The van der Waals surface area contributed by atoms with Crippen molar-refractivity contribution in [2.24, 2.45) is 0 Å². The van der Waals surface area contributed by atoms with E-state index in [1.54, 1.807) is 19.9 Å². The van der Waals surface area contributed by atoms with Crippen molar-refractivity contribution in [1.82, 2.24) is 14.9 Å². The summed E-state index contributed by atoms with van der Waals surface area (Å²) in [5, 5.41) is 3.60. The highest BCUT2D eigenvalue weighted by molar-refractivity contribution is 7.89. The molecule has 0 unspecified atom stereocenters. The lowest BCUT2D eigenvalue weighted by atomic mass is 10.1. The summed E-state index contributed by atoms with van der Waals surface area (Å²) in [6, 6.07) is 5.91. The maximum atomic E-state index is 12.2. The Morgan fingerprint density at radius 3 is 2.76 bits per heavy atom. The molecule has 0 spiro atoms. The zero-order valence-corrected chi connectivity index (χ0v) is 12.5. The molecule has 0 aliphatic rings. The molecule has 0 saturated carbocycles. The minimum Gasteiger partial charge on any atom is -0.340 e. The molecule has 2 aromatic rings. The van der Waals surface area contributed by atoms with Gasteiger partial charge in [0, 0.05) is 18.9 Å². The molecule has 0 saturated heterocycles. The first kappa shape index (κ1) is 15.3. The van der Waals surface area contributed by atoms with Gasteiger partial charge in [0.05, 0.1) is 11.4 Å². The second-order valence-electron chi connectivity index (χ2n) is 4.36. The normalized spacial score (nSPS) is 11.5. The van der Waals surface area contributed by atoms with Gasteiger partial charge in [-0.3, -0.25) is 4.79 Å². The fraction of sp³-hybridized carbons (Fsp3) is 0.308. The Balaban J connectivity index is 2.17. The van der Waals surface area contributed by atoms with Crippen LogP contribution in [-0.2, 0) is 16.6 Å². The van der Waals surface area contributed by atoms with Gasteiger partial charge >= 0.3 is 0 Å². The first-order valence-electron chi connectivity index (χ1n) is 6.34. The Bertz CT molecular complexity index is 752. The molecular weight excluding hydrogens is 294 g/mol. The molecule has 1 aromatic heterocycles. The minimum absolute atomic E-state index is 0.0296. The summed E-state index contributed by atoms with van der Waals surface area (Å²) in [4.78, 5) is 15.6. The Labute approximate surface area is 122 Å².